The van der Waals surface area contributed by atoms with Gasteiger partial charge >= 0.3 is 0 Å². The van der Waals surface area contributed by atoms with E-state index in [1.54, 1.807) is 31.2 Å². The first kappa shape index (κ1) is 15.1. The van der Waals surface area contributed by atoms with Crippen LogP contribution in [0.1, 0.15) is 47.4 Å². The lowest BCUT2D eigenvalue weighted by molar-refractivity contribution is 0.0950. The molecule has 22 heavy (non-hydrogen) atoms. The average molecular weight is 337 g/mol. The summed E-state index contributed by atoms with van der Waals surface area (Å²) in [5.74, 6) is 0.166. The molecule has 0 spiro atoms. The molecule has 1 aliphatic carbocycles. The van der Waals surface area contributed by atoms with Crippen LogP contribution in [0, 0.1) is 0 Å². The Bertz CT molecular complexity index is 750. The summed E-state index contributed by atoms with van der Waals surface area (Å²) in [7, 11) is 0. The van der Waals surface area contributed by atoms with Gasteiger partial charge in [-0.15, -0.1) is 0 Å². The minimum Gasteiger partial charge on any atom is -0.281 e. The molecule has 1 aromatic carbocycles. The van der Waals surface area contributed by atoms with Gasteiger partial charge in [0, 0.05) is 22.2 Å². The summed E-state index contributed by atoms with van der Waals surface area (Å²) in [5.41, 5.74) is 5.13. The molecule has 1 fully saturated rings. The van der Waals surface area contributed by atoms with Gasteiger partial charge in [0.2, 0.25) is 0 Å². The number of hydrogen-bond acceptors (Lipinski definition) is 3. The van der Waals surface area contributed by atoms with E-state index in [-0.39, 0.29) is 5.91 Å². The average Bonchev–Trinajstić information content (AvgIpc) is 3.22. The molecule has 0 aliphatic heterocycles. The highest BCUT2D eigenvalue weighted by Gasteiger charge is 2.26. The Morgan fingerprint density at radius 2 is 2.14 bits per heavy atom. The first-order valence-corrected chi connectivity index (χ1v) is 7.65. The van der Waals surface area contributed by atoms with Crippen LogP contribution in [0.15, 0.2) is 29.4 Å². The number of hydrogen-bond donors (Lipinski definition) is 2. The van der Waals surface area contributed by atoms with Gasteiger partial charge in [0.25, 0.3) is 5.91 Å². The molecule has 7 heteroatoms. The van der Waals surface area contributed by atoms with Crippen LogP contribution < -0.4 is 5.43 Å². The summed E-state index contributed by atoms with van der Waals surface area (Å²) in [6.07, 6.45) is 2.30. The molecule has 5 nitrogen and oxygen atoms in total. The standard InChI is InChI=1S/C15H14Cl2N4O/c1-8(11-5-4-10(16)6-12(11)17)18-21-15(22)14-7-13(19-20-14)9-2-3-9/h4-7,9H,2-3H2,1H3,(H,19,20)(H,21,22)/b18-8-. The monoisotopic (exact) mass is 336 g/mol. The molecule has 1 heterocycles. The highest BCUT2D eigenvalue weighted by molar-refractivity contribution is 6.37. The zero-order valence-electron chi connectivity index (χ0n) is 11.9. The summed E-state index contributed by atoms with van der Waals surface area (Å²) in [5, 5.41) is 12.0. The van der Waals surface area contributed by atoms with Crippen LogP contribution in [0.3, 0.4) is 0 Å². The Kier molecular flexibility index (Phi) is 4.18. The fourth-order valence-corrected chi connectivity index (χ4v) is 2.64. The topological polar surface area (TPSA) is 70.1 Å². The molecule has 2 aromatic rings. The van der Waals surface area contributed by atoms with Gasteiger partial charge in [-0.3, -0.25) is 9.89 Å². The third kappa shape index (κ3) is 3.31. The lowest BCUT2D eigenvalue weighted by Crippen LogP contribution is -2.19. The van der Waals surface area contributed by atoms with Gasteiger partial charge in [0.05, 0.1) is 10.7 Å². The van der Waals surface area contributed by atoms with Crippen molar-refractivity contribution in [2.24, 2.45) is 5.10 Å². The van der Waals surface area contributed by atoms with Crippen molar-refractivity contribution in [3.8, 4) is 0 Å². The number of carbonyl (C=O) groups excluding carboxylic acids is 1. The van der Waals surface area contributed by atoms with E-state index >= 15 is 0 Å². The van der Waals surface area contributed by atoms with E-state index in [1.165, 1.54) is 0 Å². The van der Waals surface area contributed by atoms with E-state index in [4.69, 9.17) is 23.2 Å². The molecule has 1 saturated carbocycles. The predicted molar refractivity (Wildman–Crippen MR) is 86.7 cm³/mol. The number of benzene rings is 1. The largest absolute Gasteiger partial charge is 0.291 e. The SMILES string of the molecule is C/C(=N/NC(=O)c1cc(C2CC2)[nH]n1)c1ccc(Cl)cc1Cl. The summed E-state index contributed by atoms with van der Waals surface area (Å²) in [6.45, 7) is 1.76. The molecule has 1 aliphatic rings. The van der Waals surface area contributed by atoms with Crippen molar-refractivity contribution in [3.05, 3.63) is 51.3 Å². The molecule has 3 rings (SSSR count). The lowest BCUT2D eigenvalue weighted by atomic mass is 10.1. The van der Waals surface area contributed by atoms with Crippen LogP contribution in [0.4, 0.5) is 0 Å². The number of aromatic amines is 1. The smallest absolute Gasteiger partial charge is 0.281 e. The van der Waals surface area contributed by atoms with Gasteiger partial charge in [0.1, 0.15) is 0 Å². The Balaban J connectivity index is 1.70. The molecule has 0 atom stereocenters. The second-order valence-corrected chi connectivity index (χ2v) is 6.09. The van der Waals surface area contributed by atoms with Crippen molar-refractivity contribution in [1.29, 1.82) is 0 Å². The fourth-order valence-electron chi connectivity index (χ4n) is 2.09. The summed E-state index contributed by atoms with van der Waals surface area (Å²) in [6, 6.07) is 6.89. The highest BCUT2D eigenvalue weighted by Crippen LogP contribution is 2.38. The second kappa shape index (κ2) is 6.10. The number of aromatic nitrogens is 2. The van der Waals surface area contributed by atoms with Crippen molar-refractivity contribution in [2.75, 3.05) is 0 Å². The van der Waals surface area contributed by atoms with E-state index in [1.807, 2.05) is 0 Å². The summed E-state index contributed by atoms with van der Waals surface area (Å²) in [4.78, 5) is 12.0. The number of rotatable bonds is 4. The molecule has 0 radical (unpaired) electrons. The molecular formula is C15H14Cl2N4O. The molecule has 1 aromatic heterocycles. The van der Waals surface area contributed by atoms with Gasteiger partial charge in [0.15, 0.2) is 5.69 Å². The Hall–Kier alpha value is -1.85. The van der Waals surface area contributed by atoms with Gasteiger partial charge in [-0.25, -0.2) is 5.43 Å². The molecule has 0 bridgehead atoms. The Morgan fingerprint density at radius 1 is 1.36 bits per heavy atom. The number of halogens is 2. The second-order valence-electron chi connectivity index (χ2n) is 5.25. The van der Waals surface area contributed by atoms with Crippen molar-refractivity contribution in [3.63, 3.8) is 0 Å². The molecule has 0 saturated heterocycles. The number of amides is 1. The Morgan fingerprint density at radius 3 is 2.82 bits per heavy atom. The van der Waals surface area contributed by atoms with E-state index in [9.17, 15) is 4.79 Å². The van der Waals surface area contributed by atoms with Crippen molar-refractivity contribution >= 4 is 34.8 Å². The maximum absolute atomic E-state index is 12.0. The summed E-state index contributed by atoms with van der Waals surface area (Å²) < 4.78 is 0. The lowest BCUT2D eigenvalue weighted by Gasteiger charge is -2.04. The zero-order valence-corrected chi connectivity index (χ0v) is 13.4. The Labute approximate surface area is 137 Å². The fraction of sp³-hybridized carbons (Fsp3) is 0.267. The van der Waals surface area contributed by atoms with Gasteiger partial charge in [-0.1, -0.05) is 29.3 Å². The van der Waals surface area contributed by atoms with E-state index in [0.29, 0.717) is 32.9 Å². The number of hydrazone groups is 1. The number of nitrogens with zero attached hydrogens (tertiary/aromatic N) is 2. The van der Waals surface area contributed by atoms with Crippen molar-refractivity contribution in [1.82, 2.24) is 15.6 Å². The highest BCUT2D eigenvalue weighted by atomic mass is 35.5. The minimum absolute atomic E-state index is 0.334. The van der Waals surface area contributed by atoms with Gasteiger partial charge in [-0.2, -0.15) is 10.2 Å². The predicted octanol–water partition coefficient (Wildman–Crippen LogP) is 3.75. The molecular weight excluding hydrogens is 323 g/mol. The van der Waals surface area contributed by atoms with Gasteiger partial charge in [-0.05, 0) is 38.0 Å². The summed E-state index contributed by atoms with van der Waals surface area (Å²) >= 11 is 12.0. The van der Waals surface area contributed by atoms with E-state index in [2.05, 4.69) is 20.7 Å². The van der Waals surface area contributed by atoms with Crippen LogP contribution in [0.5, 0.6) is 0 Å². The maximum Gasteiger partial charge on any atom is 0.291 e. The van der Waals surface area contributed by atoms with Crippen LogP contribution >= 0.6 is 23.2 Å². The normalized spacial score (nSPS) is 15.0. The van der Waals surface area contributed by atoms with Crippen LogP contribution in [-0.2, 0) is 0 Å². The van der Waals surface area contributed by atoms with Crippen LogP contribution in [0.25, 0.3) is 0 Å². The van der Waals surface area contributed by atoms with E-state index < -0.39 is 0 Å². The van der Waals surface area contributed by atoms with Crippen LogP contribution in [0.2, 0.25) is 10.0 Å². The third-order valence-corrected chi connectivity index (χ3v) is 4.04. The first-order valence-electron chi connectivity index (χ1n) is 6.90. The van der Waals surface area contributed by atoms with Crippen molar-refractivity contribution < 1.29 is 4.79 Å². The molecule has 1 amide bonds. The minimum atomic E-state index is -0.354. The molecule has 0 unspecified atom stereocenters. The van der Waals surface area contributed by atoms with Crippen LogP contribution in [-0.4, -0.2) is 21.8 Å². The number of carbonyl (C=O) groups is 1. The number of H-pyrrole nitrogens is 1. The maximum atomic E-state index is 12.0. The van der Waals surface area contributed by atoms with Crippen molar-refractivity contribution in [2.45, 2.75) is 25.7 Å². The number of nitrogens with one attached hydrogen (secondary N) is 2. The zero-order chi connectivity index (χ0) is 15.7. The quantitative estimate of drug-likeness (QED) is 0.659. The van der Waals surface area contributed by atoms with E-state index in [0.717, 1.165) is 18.5 Å². The molecule has 2 N–H and O–H groups in total. The first-order chi connectivity index (χ1) is 10.5. The molecule has 114 valence electrons. The third-order valence-electron chi connectivity index (χ3n) is 3.49. The van der Waals surface area contributed by atoms with Gasteiger partial charge < -0.3 is 0 Å².